The zero-order chi connectivity index (χ0) is 19.1. The van der Waals surface area contributed by atoms with E-state index in [9.17, 15) is 9.59 Å². The number of amides is 1. The van der Waals surface area contributed by atoms with Crippen molar-refractivity contribution in [3.63, 3.8) is 0 Å². The summed E-state index contributed by atoms with van der Waals surface area (Å²) in [6.07, 6.45) is -0.0645. The van der Waals surface area contributed by atoms with E-state index in [1.54, 1.807) is 13.0 Å². The summed E-state index contributed by atoms with van der Waals surface area (Å²) in [5, 5.41) is 4.65. The van der Waals surface area contributed by atoms with E-state index >= 15 is 0 Å². The van der Waals surface area contributed by atoms with Crippen LogP contribution in [0.25, 0.3) is 21.9 Å². The Morgan fingerprint density at radius 3 is 2.63 bits per heavy atom. The molecule has 3 aromatic rings. The molecule has 1 aliphatic rings. The first-order valence-electron chi connectivity index (χ1n) is 8.98. The number of carbonyl (C=O) groups excluding carboxylic acids is 2. The van der Waals surface area contributed by atoms with Crippen molar-refractivity contribution in [1.82, 2.24) is 0 Å². The number of anilines is 1. The van der Waals surface area contributed by atoms with Crippen molar-refractivity contribution in [2.24, 2.45) is 11.8 Å². The highest BCUT2D eigenvalue weighted by Gasteiger charge is 2.41. The number of carbonyl (C=O) groups is 2. The van der Waals surface area contributed by atoms with E-state index in [1.807, 2.05) is 37.3 Å². The van der Waals surface area contributed by atoms with Crippen LogP contribution in [-0.2, 0) is 14.3 Å². The number of para-hydroxylation sites is 1. The highest BCUT2D eigenvalue weighted by Crippen LogP contribution is 2.39. The molecular formula is C21H21NO5. The van der Waals surface area contributed by atoms with Crippen molar-refractivity contribution < 1.29 is 23.5 Å². The Labute approximate surface area is 156 Å². The Morgan fingerprint density at radius 1 is 1.19 bits per heavy atom. The fourth-order valence-corrected chi connectivity index (χ4v) is 3.22. The van der Waals surface area contributed by atoms with E-state index in [1.165, 1.54) is 7.11 Å². The number of benzene rings is 2. The molecule has 6 heteroatoms. The van der Waals surface area contributed by atoms with Crippen LogP contribution in [0.3, 0.4) is 0 Å². The maximum atomic E-state index is 12.5. The molecule has 1 amide bonds. The van der Waals surface area contributed by atoms with Crippen LogP contribution in [0.5, 0.6) is 5.75 Å². The van der Waals surface area contributed by atoms with Gasteiger partial charge >= 0.3 is 5.97 Å². The second kappa shape index (κ2) is 6.61. The van der Waals surface area contributed by atoms with Gasteiger partial charge in [0.25, 0.3) is 5.91 Å². The Balaban J connectivity index is 1.57. The highest BCUT2D eigenvalue weighted by molar-refractivity contribution is 6.08. The largest absolute Gasteiger partial charge is 0.495 e. The fourth-order valence-electron chi connectivity index (χ4n) is 3.22. The van der Waals surface area contributed by atoms with E-state index in [4.69, 9.17) is 13.9 Å². The predicted molar refractivity (Wildman–Crippen MR) is 102 cm³/mol. The summed E-state index contributed by atoms with van der Waals surface area (Å²) in [5.41, 5.74) is 1.87. The van der Waals surface area contributed by atoms with E-state index in [0.717, 1.165) is 22.8 Å². The van der Waals surface area contributed by atoms with Gasteiger partial charge in [0.05, 0.1) is 18.7 Å². The minimum atomic E-state index is -0.888. The standard InChI is InChI=1S/C21H21NO5/c1-11-8-14(11)21(24)26-12(2)20(23)22-16-10-18-15(9-19(16)25-3)13-6-4-5-7-17(13)27-18/h4-7,9-12,14H,8H2,1-3H3,(H,22,23)/t11-,12+,14+/m1/s1. The van der Waals surface area contributed by atoms with Gasteiger partial charge in [-0.1, -0.05) is 25.1 Å². The second-order valence-corrected chi connectivity index (χ2v) is 7.03. The average molecular weight is 367 g/mol. The number of hydrogen-bond acceptors (Lipinski definition) is 5. The monoisotopic (exact) mass is 367 g/mol. The third-order valence-corrected chi connectivity index (χ3v) is 5.03. The van der Waals surface area contributed by atoms with E-state index in [-0.39, 0.29) is 11.9 Å². The molecule has 1 N–H and O–H groups in total. The summed E-state index contributed by atoms with van der Waals surface area (Å²) < 4.78 is 16.6. The number of nitrogens with one attached hydrogen (secondary N) is 1. The average Bonchev–Trinajstić information content (AvgIpc) is 3.28. The smallest absolute Gasteiger partial charge is 0.309 e. The lowest BCUT2D eigenvalue weighted by molar-refractivity contribution is -0.154. The first-order chi connectivity index (χ1) is 13.0. The minimum absolute atomic E-state index is 0.0818. The van der Waals surface area contributed by atoms with Crippen LogP contribution in [0, 0.1) is 11.8 Å². The van der Waals surface area contributed by atoms with Crippen molar-refractivity contribution in [2.75, 3.05) is 12.4 Å². The first kappa shape index (κ1) is 17.4. The minimum Gasteiger partial charge on any atom is -0.495 e. The van der Waals surface area contributed by atoms with Gasteiger partial charge in [0, 0.05) is 16.8 Å². The van der Waals surface area contributed by atoms with Gasteiger partial charge in [0.2, 0.25) is 0 Å². The number of esters is 1. The van der Waals surface area contributed by atoms with Gasteiger partial charge in [-0.3, -0.25) is 9.59 Å². The molecule has 0 aliphatic heterocycles. The SMILES string of the molecule is COc1cc2c(cc1NC(=O)[C@H](C)OC(=O)[C@H]1C[C@H]1C)oc1ccccc12. The summed E-state index contributed by atoms with van der Waals surface area (Å²) in [4.78, 5) is 24.4. The summed E-state index contributed by atoms with van der Waals surface area (Å²) in [7, 11) is 1.54. The van der Waals surface area contributed by atoms with E-state index < -0.39 is 12.0 Å². The van der Waals surface area contributed by atoms with Crippen molar-refractivity contribution in [3.8, 4) is 5.75 Å². The molecule has 1 heterocycles. The van der Waals surface area contributed by atoms with Crippen LogP contribution < -0.4 is 10.1 Å². The quantitative estimate of drug-likeness (QED) is 0.686. The number of ether oxygens (including phenoxy) is 2. The van der Waals surface area contributed by atoms with Crippen molar-refractivity contribution in [3.05, 3.63) is 36.4 Å². The molecule has 1 aromatic heterocycles. The molecule has 140 valence electrons. The maximum Gasteiger partial charge on any atom is 0.309 e. The second-order valence-electron chi connectivity index (χ2n) is 7.03. The fraction of sp³-hybridized carbons (Fsp3) is 0.333. The molecule has 1 fully saturated rings. The molecule has 0 radical (unpaired) electrons. The van der Waals surface area contributed by atoms with Gasteiger partial charge in [-0.2, -0.15) is 0 Å². The van der Waals surface area contributed by atoms with Gasteiger partial charge in [-0.25, -0.2) is 0 Å². The molecule has 3 atom stereocenters. The number of rotatable bonds is 5. The van der Waals surface area contributed by atoms with E-state index in [0.29, 0.717) is 22.9 Å². The Kier molecular flexibility index (Phi) is 4.26. The van der Waals surface area contributed by atoms with Crippen LogP contribution in [0.4, 0.5) is 5.69 Å². The summed E-state index contributed by atoms with van der Waals surface area (Å²) in [6.45, 7) is 3.55. The Hall–Kier alpha value is -3.02. The number of fused-ring (bicyclic) bond motifs is 3. The molecule has 4 rings (SSSR count). The van der Waals surface area contributed by atoms with Crippen LogP contribution in [0.1, 0.15) is 20.3 Å². The molecule has 6 nitrogen and oxygen atoms in total. The molecule has 0 unspecified atom stereocenters. The normalized spacial score (nSPS) is 19.7. The molecule has 0 bridgehead atoms. The lowest BCUT2D eigenvalue weighted by Gasteiger charge is -2.15. The van der Waals surface area contributed by atoms with Crippen molar-refractivity contribution in [2.45, 2.75) is 26.4 Å². The van der Waals surface area contributed by atoms with Gasteiger partial charge in [0.1, 0.15) is 16.9 Å². The van der Waals surface area contributed by atoms with Gasteiger partial charge in [-0.15, -0.1) is 0 Å². The third kappa shape index (κ3) is 3.23. The molecule has 1 saturated carbocycles. The molecule has 0 spiro atoms. The Morgan fingerprint density at radius 2 is 1.93 bits per heavy atom. The number of hydrogen-bond donors (Lipinski definition) is 1. The highest BCUT2D eigenvalue weighted by atomic mass is 16.5. The number of furan rings is 1. The van der Waals surface area contributed by atoms with Crippen LogP contribution >= 0.6 is 0 Å². The van der Waals surface area contributed by atoms with Crippen LogP contribution in [-0.4, -0.2) is 25.1 Å². The number of methoxy groups -OCH3 is 1. The predicted octanol–water partition coefficient (Wildman–Crippen LogP) is 4.12. The molecule has 1 aliphatic carbocycles. The zero-order valence-corrected chi connectivity index (χ0v) is 15.4. The maximum absolute atomic E-state index is 12.5. The molecule has 0 saturated heterocycles. The summed E-state index contributed by atoms with van der Waals surface area (Å²) in [6, 6.07) is 11.3. The Bertz CT molecular complexity index is 1040. The van der Waals surface area contributed by atoms with Crippen LogP contribution in [0.2, 0.25) is 0 Å². The lowest BCUT2D eigenvalue weighted by Crippen LogP contribution is -2.30. The van der Waals surface area contributed by atoms with Crippen molar-refractivity contribution in [1.29, 1.82) is 0 Å². The zero-order valence-electron chi connectivity index (χ0n) is 15.4. The van der Waals surface area contributed by atoms with Gasteiger partial charge in [0.15, 0.2) is 6.10 Å². The molecular weight excluding hydrogens is 346 g/mol. The third-order valence-electron chi connectivity index (χ3n) is 5.03. The van der Waals surface area contributed by atoms with Gasteiger partial charge < -0.3 is 19.2 Å². The van der Waals surface area contributed by atoms with Gasteiger partial charge in [-0.05, 0) is 31.4 Å². The summed E-state index contributed by atoms with van der Waals surface area (Å²) >= 11 is 0. The topological polar surface area (TPSA) is 77.8 Å². The lowest BCUT2D eigenvalue weighted by atomic mass is 10.1. The van der Waals surface area contributed by atoms with Crippen LogP contribution in [0.15, 0.2) is 40.8 Å². The van der Waals surface area contributed by atoms with E-state index in [2.05, 4.69) is 5.32 Å². The summed E-state index contributed by atoms with van der Waals surface area (Å²) in [5.74, 6) is 0.0389. The molecule has 2 aromatic carbocycles. The van der Waals surface area contributed by atoms with Crippen molar-refractivity contribution >= 4 is 39.5 Å². The molecule has 27 heavy (non-hydrogen) atoms. The first-order valence-corrected chi connectivity index (χ1v) is 8.98.